The van der Waals surface area contributed by atoms with Crippen LogP contribution in [0.15, 0.2) is 34.8 Å². The van der Waals surface area contributed by atoms with Crippen LogP contribution in [0.2, 0.25) is 5.02 Å². The van der Waals surface area contributed by atoms with Crippen LogP contribution in [-0.2, 0) is 12.8 Å². The number of nitrogens with two attached hydrogens (primary N) is 1. The van der Waals surface area contributed by atoms with Crippen LogP contribution >= 0.6 is 38.9 Å². The van der Waals surface area contributed by atoms with Gasteiger partial charge in [-0.25, -0.2) is 0 Å². The van der Waals surface area contributed by atoms with Crippen molar-refractivity contribution in [2.45, 2.75) is 25.8 Å². The summed E-state index contributed by atoms with van der Waals surface area (Å²) < 4.78 is 1.01. The van der Waals surface area contributed by atoms with E-state index in [4.69, 9.17) is 17.4 Å². The van der Waals surface area contributed by atoms with Crippen LogP contribution in [0.25, 0.3) is 0 Å². The van der Waals surface area contributed by atoms with E-state index in [-0.39, 0.29) is 6.04 Å². The van der Waals surface area contributed by atoms with Gasteiger partial charge in [-0.15, -0.1) is 11.3 Å². The Kier molecular flexibility index (Phi) is 5.42. The van der Waals surface area contributed by atoms with Gasteiger partial charge in [0.2, 0.25) is 0 Å². The molecule has 0 saturated carbocycles. The molecule has 1 aromatic carbocycles. The number of thiophene rings is 1. The molecular weight excluding hydrogens is 344 g/mol. The van der Waals surface area contributed by atoms with Crippen molar-refractivity contribution in [3.8, 4) is 0 Å². The highest BCUT2D eigenvalue weighted by Crippen LogP contribution is 2.30. The SMILES string of the molecule is CCc1ccc(CC(NN)c2cc(Br)ccc2Cl)s1. The number of halogens is 2. The molecule has 0 saturated heterocycles. The fraction of sp³-hybridized carbons (Fsp3) is 0.286. The summed E-state index contributed by atoms with van der Waals surface area (Å²) in [7, 11) is 0. The molecule has 0 aliphatic carbocycles. The van der Waals surface area contributed by atoms with Gasteiger partial charge in [0.25, 0.3) is 0 Å². The maximum Gasteiger partial charge on any atom is 0.0523 e. The van der Waals surface area contributed by atoms with E-state index in [9.17, 15) is 0 Å². The Hall–Kier alpha value is -0.390. The highest BCUT2D eigenvalue weighted by Gasteiger charge is 2.15. The second-order valence-corrected chi connectivity index (χ2v) is 6.89. The average Bonchev–Trinajstić information content (AvgIpc) is 2.87. The summed E-state index contributed by atoms with van der Waals surface area (Å²) in [6.45, 7) is 2.17. The topological polar surface area (TPSA) is 38.0 Å². The summed E-state index contributed by atoms with van der Waals surface area (Å²) in [5.41, 5.74) is 3.88. The number of benzene rings is 1. The van der Waals surface area contributed by atoms with Gasteiger partial charge in [0.15, 0.2) is 0 Å². The minimum absolute atomic E-state index is 0.0216. The summed E-state index contributed by atoms with van der Waals surface area (Å²) in [4.78, 5) is 2.71. The van der Waals surface area contributed by atoms with Gasteiger partial charge in [0.05, 0.1) is 6.04 Å². The van der Waals surface area contributed by atoms with Gasteiger partial charge < -0.3 is 0 Å². The zero-order valence-electron chi connectivity index (χ0n) is 10.6. The van der Waals surface area contributed by atoms with Crippen molar-refractivity contribution in [3.63, 3.8) is 0 Å². The van der Waals surface area contributed by atoms with Gasteiger partial charge >= 0.3 is 0 Å². The molecule has 3 N–H and O–H groups in total. The minimum atomic E-state index is 0.0216. The lowest BCUT2D eigenvalue weighted by Gasteiger charge is -2.17. The molecule has 2 nitrogen and oxygen atoms in total. The summed E-state index contributed by atoms with van der Waals surface area (Å²) in [6, 6.07) is 10.2. The first-order valence-corrected chi connectivity index (χ1v) is 8.11. The molecule has 0 amide bonds. The first kappa shape index (κ1) is 15.0. The molecule has 1 heterocycles. The van der Waals surface area contributed by atoms with Gasteiger partial charge in [-0.3, -0.25) is 11.3 Å². The Bertz CT molecular complexity index is 556. The van der Waals surface area contributed by atoms with E-state index in [1.807, 2.05) is 29.5 Å². The van der Waals surface area contributed by atoms with E-state index < -0.39 is 0 Å². The van der Waals surface area contributed by atoms with Crippen molar-refractivity contribution in [2.75, 3.05) is 0 Å². The van der Waals surface area contributed by atoms with E-state index in [0.717, 1.165) is 27.9 Å². The highest BCUT2D eigenvalue weighted by molar-refractivity contribution is 9.10. The third-order valence-electron chi connectivity index (χ3n) is 3.01. The van der Waals surface area contributed by atoms with Crippen molar-refractivity contribution in [1.29, 1.82) is 0 Å². The molecule has 0 fully saturated rings. The smallest absolute Gasteiger partial charge is 0.0523 e. The Morgan fingerprint density at radius 2 is 2.05 bits per heavy atom. The lowest BCUT2D eigenvalue weighted by atomic mass is 10.0. The van der Waals surface area contributed by atoms with Crippen LogP contribution in [0.1, 0.15) is 28.3 Å². The number of hydrogen-bond donors (Lipinski definition) is 2. The van der Waals surface area contributed by atoms with E-state index in [0.29, 0.717) is 0 Å². The first-order valence-electron chi connectivity index (χ1n) is 6.12. The zero-order chi connectivity index (χ0) is 13.8. The fourth-order valence-electron chi connectivity index (χ4n) is 1.96. The number of hydrazine groups is 1. The number of hydrogen-bond acceptors (Lipinski definition) is 3. The summed E-state index contributed by atoms with van der Waals surface area (Å²) in [6.07, 6.45) is 1.92. The van der Waals surface area contributed by atoms with Crippen molar-refractivity contribution in [2.24, 2.45) is 5.84 Å². The molecule has 0 bridgehead atoms. The minimum Gasteiger partial charge on any atom is -0.271 e. The van der Waals surface area contributed by atoms with Crippen LogP contribution in [-0.4, -0.2) is 0 Å². The van der Waals surface area contributed by atoms with E-state index in [1.54, 1.807) is 0 Å². The second-order valence-electron chi connectivity index (χ2n) is 4.31. The molecule has 2 aromatic rings. The predicted octanol–water partition coefficient (Wildman–Crippen LogP) is 4.47. The zero-order valence-corrected chi connectivity index (χ0v) is 13.8. The summed E-state index contributed by atoms with van der Waals surface area (Å²) in [5, 5.41) is 0.735. The largest absolute Gasteiger partial charge is 0.271 e. The molecule has 0 radical (unpaired) electrons. The van der Waals surface area contributed by atoms with Gasteiger partial charge in [-0.1, -0.05) is 34.5 Å². The molecule has 5 heteroatoms. The predicted molar refractivity (Wildman–Crippen MR) is 86.6 cm³/mol. The average molecular weight is 360 g/mol. The van der Waals surface area contributed by atoms with Crippen molar-refractivity contribution in [1.82, 2.24) is 5.43 Å². The monoisotopic (exact) mass is 358 g/mol. The molecular formula is C14H16BrClN2S. The number of aryl methyl sites for hydroxylation is 1. The molecule has 2 rings (SSSR count). The molecule has 1 unspecified atom stereocenters. The first-order chi connectivity index (χ1) is 9.13. The standard InChI is InChI=1S/C14H16BrClN2S/c1-2-10-4-5-11(19-10)8-14(18-17)12-7-9(15)3-6-13(12)16/h3-7,14,18H,2,8,17H2,1H3. The van der Waals surface area contributed by atoms with Gasteiger partial charge in [0, 0.05) is 25.7 Å². The van der Waals surface area contributed by atoms with Crippen LogP contribution in [0.5, 0.6) is 0 Å². The summed E-state index contributed by atoms with van der Waals surface area (Å²) in [5.74, 6) is 5.69. The molecule has 19 heavy (non-hydrogen) atoms. The van der Waals surface area contributed by atoms with Crippen LogP contribution in [0, 0.1) is 0 Å². The molecule has 1 atom stereocenters. The Labute approximate surface area is 131 Å². The molecule has 0 aliphatic rings. The molecule has 102 valence electrons. The van der Waals surface area contributed by atoms with E-state index in [2.05, 4.69) is 40.4 Å². The maximum absolute atomic E-state index is 6.26. The van der Waals surface area contributed by atoms with Gasteiger partial charge in [0.1, 0.15) is 0 Å². The maximum atomic E-state index is 6.26. The molecule has 0 aliphatic heterocycles. The Morgan fingerprint density at radius 1 is 1.32 bits per heavy atom. The third-order valence-corrected chi connectivity index (χ3v) is 5.10. The quantitative estimate of drug-likeness (QED) is 0.610. The van der Waals surface area contributed by atoms with Crippen LogP contribution in [0.4, 0.5) is 0 Å². The third kappa shape index (κ3) is 3.80. The van der Waals surface area contributed by atoms with Crippen molar-refractivity contribution < 1.29 is 0 Å². The lowest BCUT2D eigenvalue weighted by Crippen LogP contribution is -2.29. The summed E-state index contributed by atoms with van der Waals surface area (Å²) >= 11 is 11.6. The highest BCUT2D eigenvalue weighted by atomic mass is 79.9. The number of rotatable bonds is 5. The molecule has 1 aromatic heterocycles. The second kappa shape index (κ2) is 6.86. The number of nitrogens with one attached hydrogen (secondary N) is 1. The van der Waals surface area contributed by atoms with E-state index in [1.165, 1.54) is 9.75 Å². The normalized spacial score (nSPS) is 12.6. The Balaban J connectivity index is 2.22. The van der Waals surface area contributed by atoms with Gasteiger partial charge in [-0.2, -0.15) is 0 Å². The fourth-order valence-corrected chi connectivity index (χ4v) is 3.59. The van der Waals surface area contributed by atoms with E-state index >= 15 is 0 Å². The molecule has 0 spiro atoms. The van der Waals surface area contributed by atoms with Crippen molar-refractivity contribution in [3.05, 3.63) is 55.1 Å². The van der Waals surface area contributed by atoms with Crippen LogP contribution < -0.4 is 11.3 Å². The lowest BCUT2D eigenvalue weighted by molar-refractivity contribution is 0.555. The van der Waals surface area contributed by atoms with Crippen LogP contribution in [0.3, 0.4) is 0 Å². The van der Waals surface area contributed by atoms with Gasteiger partial charge in [-0.05, 0) is 42.3 Å². The Morgan fingerprint density at radius 3 is 2.68 bits per heavy atom. The van der Waals surface area contributed by atoms with Crippen molar-refractivity contribution >= 4 is 38.9 Å².